The minimum atomic E-state index is 0.369. The van der Waals surface area contributed by atoms with Crippen LogP contribution < -0.4 is 4.74 Å². The molecule has 3 nitrogen and oxygen atoms in total. The zero-order valence-corrected chi connectivity index (χ0v) is 10.6. The van der Waals surface area contributed by atoms with E-state index in [4.69, 9.17) is 16.3 Å². The van der Waals surface area contributed by atoms with Crippen LogP contribution in [-0.4, -0.2) is 9.97 Å². The molecule has 2 aromatic rings. The van der Waals surface area contributed by atoms with Gasteiger partial charge in [0.25, 0.3) is 0 Å². The third-order valence-corrected chi connectivity index (χ3v) is 2.53. The van der Waals surface area contributed by atoms with Gasteiger partial charge in [-0.2, -0.15) is 0 Å². The fraction of sp³-hybridized carbons (Fsp3) is 0.0909. The number of ether oxygens (including phenoxy) is 1. The van der Waals surface area contributed by atoms with Crippen LogP contribution in [0.4, 0.5) is 0 Å². The van der Waals surface area contributed by atoms with Crippen LogP contribution in [0.15, 0.2) is 41.1 Å². The van der Waals surface area contributed by atoms with E-state index < -0.39 is 0 Å². The summed E-state index contributed by atoms with van der Waals surface area (Å²) in [6.07, 6.45) is 3.31. The van der Waals surface area contributed by atoms with Gasteiger partial charge in [0.05, 0.1) is 17.8 Å². The molecule has 0 fully saturated rings. The van der Waals surface area contributed by atoms with Crippen LogP contribution in [0.2, 0.25) is 0 Å². The molecule has 0 atom stereocenters. The second-order valence-electron chi connectivity index (χ2n) is 3.04. The van der Waals surface area contributed by atoms with Crippen LogP contribution >= 0.6 is 27.5 Å². The Balaban J connectivity index is 2.20. The van der Waals surface area contributed by atoms with Crippen LogP contribution in [0.5, 0.6) is 11.6 Å². The van der Waals surface area contributed by atoms with E-state index in [1.807, 2.05) is 18.2 Å². The number of alkyl halides is 1. The van der Waals surface area contributed by atoms with Crippen molar-refractivity contribution >= 4 is 27.5 Å². The molecule has 0 aromatic carbocycles. The van der Waals surface area contributed by atoms with Crippen molar-refractivity contribution in [3.63, 3.8) is 0 Å². The lowest BCUT2D eigenvalue weighted by Gasteiger charge is -2.05. The van der Waals surface area contributed by atoms with Gasteiger partial charge in [-0.1, -0.05) is 6.07 Å². The maximum absolute atomic E-state index is 5.69. The Kier molecular flexibility index (Phi) is 3.74. The number of pyridine rings is 2. The van der Waals surface area contributed by atoms with Gasteiger partial charge in [-0.15, -0.1) is 11.6 Å². The first-order chi connectivity index (χ1) is 7.78. The molecule has 0 saturated heterocycles. The van der Waals surface area contributed by atoms with Crippen molar-refractivity contribution in [3.8, 4) is 11.6 Å². The second-order valence-corrected chi connectivity index (χ2v) is 4.22. The smallest absolute Gasteiger partial charge is 0.219 e. The van der Waals surface area contributed by atoms with E-state index in [0.717, 1.165) is 10.2 Å². The molecule has 5 heteroatoms. The highest BCUT2D eigenvalue weighted by atomic mass is 79.9. The Hall–Kier alpha value is -1.13. The average Bonchev–Trinajstić information content (AvgIpc) is 2.29. The molecule has 0 bridgehead atoms. The zero-order chi connectivity index (χ0) is 11.4. The van der Waals surface area contributed by atoms with Gasteiger partial charge in [0.2, 0.25) is 5.88 Å². The summed E-state index contributed by atoms with van der Waals surface area (Å²) in [5.74, 6) is 1.51. The fourth-order valence-electron chi connectivity index (χ4n) is 1.16. The van der Waals surface area contributed by atoms with Crippen molar-refractivity contribution in [2.75, 3.05) is 0 Å². The molecule has 2 heterocycles. The Morgan fingerprint density at radius 3 is 2.94 bits per heavy atom. The lowest BCUT2D eigenvalue weighted by molar-refractivity contribution is 0.459. The Morgan fingerprint density at radius 1 is 1.31 bits per heavy atom. The SMILES string of the molecule is ClCc1cccc(Oc2cncc(Br)c2)n1. The highest BCUT2D eigenvalue weighted by Crippen LogP contribution is 2.21. The number of nitrogens with zero attached hydrogens (tertiary/aromatic N) is 2. The first kappa shape index (κ1) is 11.4. The van der Waals surface area contributed by atoms with Gasteiger partial charge < -0.3 is 4.74 Å². The van der Waals surface area contributed by atoms with Gasteiger partial charge >= 0.3 is 0 Å². The number of aromatic nitrogens is 2. The Bertz CT molecular complexity index is 493. The molecule has 0 spiro atoms. The number of hydrogen-bond acceptors (Lipinski definition) is 3. The summed E-state index contributed by atoms with van der Waals surface area (Å²) in [6.45, 7) is 0. The molecule has 82 valence electrons. The van der Waals surface area contributed by atoms with Gasteiger partial charge in [0, 0.05) is 16.7 Å². The van der Waals surface area contributed by atoms with E-state index in [1.165, 1.54) is 0 Å². The van der Waals surface area contributed by atoms with Crippen molar-refractivity contribution < 1.29 is 4.74 Å². The third-order valence-electron chi connectivity index (χ3n) is 1.82. The van der Waals surface area contributed by atoms with Crippen molar-refractivity contribution in [3.05, 3.63) is 46.8 Å². The third kappa shape index (κ3) is 2.93. The summed E-state index contributed by atoms with van der Waals surface area (Å²) < 4.78 is 6.40. The normalized spacial score (nSPS) is 10.1. The van der Waals surface area contributed by atoms with E-state index in [2.05, 4.69) is 25.9 Å². The quantitative estimate of drug-likeness (QED) is 0.809. The molecule has 0 aliphatic rings. The van der Waals surface area contributed by atoms with Crippen LogP contribution in [0.25, 0.3) is 0 Å². The summed E-state index contributed by atoms with van der Waals surface area (Å²) in [5, 5.41) is 0. The molecular weight excluding hydrogens is 291 g/mol. The summed E-state index contributed by atoms with van der Waals surface area (Å²) in [5.41, 5.74) is 0.780. The summed E-state index contributed by atoms with van der Waals surface area (Å²) in [6, 6.07) is 7.30. The van der Waals surface area contributed by atoms with Crippen LogP contribution in [0, 0.1) is 0 Å². The fourth-order valence-corrected chi connectivity index (χ4v) is 1.65. The van der Waals surface area contributed by atoms with Gasteiger partial charge in [-0.3, -0.25) is 4.98 Å². The van der Waals surface area contributed by atoms with Gasteiger partial charge in [-0.25, -0.2) is 4.98 Å². The van der Waals surface area contributed by atoms with E-state index >= 15 is 0 Å². The van der Waals surface area contributed by atoms with Crippen LogP contribution in [0.3, 0.4) is 0 Å². The predicted molar refractivity (Wildman–Crippen MR) is 65.8 cm³/mol. The monoisotopic (exact) mass is 298 g/mol. The van der Waals surface area contributed by atoms with Crippen LogP contribution in [0.1, 0.15) is 5.69 Å². The summed E-state index contributed by atoms with van der Waals surface area (Å²) in [7, 11) is 0. The number of halogens is 2. The largest absolute Gasteiger partial charge is 0.437 e. The lowest BCUT2D eigenvalue weighted by atomic mass is 10.4. The molecule has 0 amide bonds. The zero-order valence-electron chi connectivity index (χ0n) is 8.23. The van der Waals surface area contributed by atoms with Crippen molar-refractivity contribution in [1.29, 1.82) is 0 Å². The molecule has 0 saturated carbocycles. The van der Waals surface area contributed by atoms with E-state index in [1.54, 1.807) is 18.5 Å². The maximum Gasteiger partial charge on any atom is 0.219 e. The first-order valence-electron chi connectivity index (χ1n) is 4.58. The molecule has 0 radical (unpaired) electrons. The van der Waals surface area contributed by atoms with Crippen molar-refractivity contribution in [2.24, 2.45) is 0 Å². The van der Waals surface area contributed by atoms with Crippen LogP contribution in [-0.2, 0) is 5.88 Å². The highest BCUT2D eigenvalue weighted by molar-refractivity contribution is 9.10. The van der Waals surface area contributed by atoms with E-state index in [0.29, 0.717) is 17.5 Å². The minimum absolute atomic E-state index is 0.369. The standard InChI is InChI=1S/C11H8BrClN2O/c12-8-4-10(7-14-6-8)16-11-3-1-2-9(5-13)15-11/h1-4,6-7H,5H2. The minimum Gasteiger partial charge on any atom is -0.437 e. The van der Waals surface area contributed by atoms with E-state index in [-0.39, 0.29) is 0 Å². The molecule has 0 aliphatic carbocycles. The average molecular weight is 300 g/mol. The van der Waals surface area contributed by atoms with Crippen molar-refractivity contribution in [2.45, 2.75) is 5.88 Å². The maximum atomic E-state index is 5.69. The highest BCUT2D eigenvalue weighted by Gasteiger charge is 2.01. The lowest BCUT2D eigenvalue weighted by Crippen LogP contribution is -1.91. The number of hydrogen-bond donors (Lipinski definition) is 0. The molecule has 0 unspecified atom stereocenters. The van der Waals surface area contributed by atoms with Gasteiger partial charge in [0.1, 0.15) is 5.75 Å². The molecular formula is C11H8BrClN2O. The summed E-state index contributed by atoms with van der Waals surface area (Å²) >= 11 is 9.01. The first-order valence-corrected chi connectivity index (χ1v) is 5.91. The topological polar surface area (TPSA) is 35.0 Å². The second kappa shape index (κ2) is 5.27. The van der Waals surface area contributed by atoms with Gasteiger partial charge in [0.15, 0.2) is 0 Å². The Labute approximate surface area is 107 Å². The van der Waals surface area contributed by atoms with Gasteiger partial charge in [-0.05, 0) is 28.1 Å². The van der Waals surface area contributed by atoms with E-state index in [9.17, 15) is 0 Å². The predicted octanol–water partition coefficient (Wildman–Crippen LogP) is 3.77. The molecule has 2 rings (SSSR count). The number of rotatable bonds is 3. The Morgan fingerprint density at radius 2 is 2.19 bits per heavy atom. The van der Waals surface area contributed by atoms with Crippen molar-refractivity contribution in [1.82, 2.24) is 9.97 Å². The summed E-state index contributed by atoms with van der Waals surface area (Å²) in [4.78, 5) is 8.22. The molecule has 2 aromatic heterocycles. The molecule has 0 aliphatic heterocycles. The molecule has 0 N–H and O–H groups in total. The molecule has 16 heavy (non-hydrogen) atoms.